The summed E-state index contributed by atoms with van der Waals surface area (Å²) in [6.07, 6.45) is 12.0. The van der Waals surface area contributed by atoms with Gasteiger partial charge in [-0.1, -0.05) is 24.6 Å². The minimum atomic E-state index is -0.563. The number of hydrogen-bond donors (Lipinski definition) is 0. The van der Waals surface area contributed by atoms with Crippen LogP contribution in [0.4, 0.5) is 5.82 Å². The highest BCUT2D eigenvalue weighted by atomic mass is 35.5. The van der Waals surface area contributed by atoms with Crippen LogP contribution in [0.3, 0.4) is 0 Å². The summed E-state index contributed by atoms with van der Waals surface area (Å²) in [5, 5.41) is -0.563. The van der Waals surface area contributed by atoms with E-state index in [0.29, 0.717) is 5.92 Å². The van der Waals surface area contributed by atoms with Crippen LogP contribution in [0.25, 0.3) is 0 Å². The zero-order chi connectivity index (χ0) is 20.5. The van der Waals surface area contributed by atoms with Crippen LogP contribution in [-0.2, 0) is 12.8 Å². The van der Waals surface area contributed by atoms with Crippen LogP contribution >= 0.6 is 11.6 Å². The number of anilines is 1. The second-order valence-corrected chi connectivity index (χ2v) is 9.29. The number of aromatic nitrogens is 2. The molecule has 0 radical (unpaired) electrons. The van der Waals surface area contributed by atoms with Crippen LogP contribution in [0.1, 0.15) is 65.2 Å². The molecule has 158 valence electrons. The first-order valence-corrected chi connectivity index (χ1v) is 11.7. The first-order valence-electron chi connectivity index (χ1n) is 11.3. The molecule has 3 heterocycles. The van der Waals surface area contributed by atoms with Gasteiger partial charge in [0.05, 0.1) is 12.4 Å². The third-order valence-electron chi connectivity index (χ3n) is 7.29. The molecule has 6 heteroatoms. The molecule has 0 bridgehead atoms. The molecule has 2 fully saturated rings. The highest BCUT2D eigenvalue weighted by Gasteiger charge is 2.27. The van der Waals surface area contributed by atoms with Crippen molar-refractivity contribution in [2.24, 2.45) is 0 Å². The van der Waals surface area contributed by atoms with Crippen molar-refractivity contribution in [2.45, 2.75) is 56.9 Å². The minimum absolute atomic E-state index is 0.205. The van der Waals surface area contributed by atoms with Gasteiger partial charge in [-0.3, -0.25) is 9.69 Å². The van der Waals surface area contributed by atoms with Gasteiger partial charge in [0, 0.05) is 32.2 Å². The van der Waals surface area contributed by atoms with Gasteiger partial charge in [0.25, 0.3) is 5.24 Å². The molecule has 3 aliphatic rings. The maximum Gasteiger partial charge on any atom is 0.272 e. The molecule has 0 spiro atoms. The van der Waals surface area contributed by atoms with Crippen molar-refractivity contribution in [1.29, 1.82) is 0 Å². The quantitative estimate of drug-likeness (QED) is 0.688. The number of rotatable bonds is 4. The Morgan fingerprint density at radius 2 is 1.70 bits per heavy atom. The number of fused-ring (bicyclic) bond motifs is 1. The van der Waals surface area contributed by atoms with Gasteiger partial charge in [0.15, 0.2) is 0 Å². The van der Waals surface area contributed by atoms with Crippen LogP contribution in [-0.4, -0.2) is 52.3 Å². The summed E-state index contributed by atoms with van der Waals surface area (Å²) in [5.74, 6) is 1.43. The molecule has 0 unspecified atom stereocenters. The van der Waals surface area contributed by atoms with E-state index in [9.17, 15) is 4.79 Å². The number of hydrogen-bond acceptors (Lipinski definition) is 5. The fraction of sp³-hybridized carbons (Fsp3) is 0.542. The lowest BCUT2D eigenvalue weighted by atomic mass is 9.87. The van der Waals surface area contributed by atoms with Gasteiger partial charge in [0.2, 0.25) is 0 Å². The van der Waals surface area contributed by atoms with Crippen LogP contribution in [0.2, 0.25) is 0 Å². The van der Waals surface area contributed by atoms with Crippen molar-refractivity contribution >= 4 is 22.7 Å². The number of halogens is 1. The topological polar surface area (TPSA) is 49.3 Å². The average Bonchev–Trinajstić information content (AvgIpc) is 2.95. The smallest absolute Gasteiger partial charge is 0.272 e. The lowest BCUT2D eigenvalue weighted by Gasteiger charge is -2.36. The summed E-state index contributed by atoms with van der Waals surface area (Å²) in [5.41, 5.74) is 4.84. The number of carbonyl (C=O) groups excluding carboxylic acids is 1. The van der Waals surface area contributed by atoms with Gasteiger partial charge < -0.3 is 4.90 Å². The van der Waals surface area contributed by atoms with Gasteiger partial charge >= 0.3 is 0 Å². The summed E-state index contributed by atoms with van der Waals surface area (Å²) >= 11 is 5.46. The zero-order valence-corrected chi connectivity index (χ0v) is 18.2. The van der Waals surface area contributed by atoms with Gasteiger partial charge in [-0.25, -0.2) is 9.97 Å². The Labute approximate surface area is 183 Å². The van der Waals surface area contributed by atoms with Crippen LogP contribution in [0.5, 0.6) is 0 Å². The predicted octanol–water partition coefficient (Wildman–Crippen LogP) is 4.19. The summed E-state index contributed by atoms with van der Waals surface area (Å²) in [6.45, 7) is 4.36. The Balaban J connectivity index is 1.21. The molecule has 2 aromatic rings. The first kappa shape index (κ1) is 20.0. The standard InChI is InChI=1S/C24H29ClN4O/c25-24(30)22-15-27-23(16-26-22)29-12-7-18(8-13-29)19-5-4-17-6-10-28(21-2-1-3-21)11-9-20(17)14-19/h4-5,14-16,18,21H,1-3,6-13H2. The second-order valence-electron chi connectivity index (χ2n) is 8.94. The molecule has 5 nitrogen and oxygen atoms in total. The zero-order valence-electron chi connectivity index (χ0n) is 17.4. The van der Waals surface area contributed by atoms with Gasteiger partial charge in [-0.05, 0) is 72.7 Å². The SMILES string of the molecule is O=C(Cl)c1cnc(N2CCC(c3ccc4c(c3)CCN(C3CCC3)CC4)CC2)cn1. The van der Waals surface area contributed by atoms with Crippen LogP contribution in [0, 0.1) is 0 Å². The highest BCUT2D eigenvalue weighted by molar-refractivity contribution is 6.67. The molecular formula is C24H29ClN4O. The maximum absolute atomic E-state index is 11.2. The van der Waals surface area contributed by atoms with Crippen molar-refractivity contribution < 1.29 is 4.79 Å². The number of nitrogens with zero attached hydrogens (tertiary/aromatic N) is 4. The lowest BCUT2D eigenvalue weighted by Crippen LogP contribution is -2.41. The third-order valence-corrected chi connectivity index (χ3v) is 7.48. The molecule has 0 N–H and O–H groups in total. The van der Waals surface area contributed by atoms with Crippen molar-refractivity contribution in [3.63, 3.8) is 0 Å². The van der Waals surface area contributed by atoms with E-state index in [2.05, 4.69) is 38.0 Å². The van der Waals surface area contributed by atoms with Crippen molar-refractivity contribution in [3.8, 4) is 0 Å². The molecule has 30 heavy (non-hydrogen) atoms. The maximum atomic E-state index is 11.2. The second kappa shape index (κ2) is 8.64. The van der Waals surface area contributed by atoms with Crippen molar-refractivity contribution in [2.75, 3.05) is 31.1 Å². The third kappa shape index (κ3) is 4.10. The Morgan fingerprint density at radius 1 is 0.933 bits per heavy atom. The molecule has 0 atom stereocenters. The average molecular weight is 425 g/mol. The summed E-state index contributed by atoms with van der Waals surface area (Å²) in [4.78, 5) is 24.7. The predicted molar refractivity (Wildman–Crippen MR) is 119 cm³/mol. The minimum Gasteiger partial charge on any atom is -0.355 e. The highest BCUT2D eigenvalue weighted by Crippen LogP contribution is 2.33. The van der Waals surface area contributed by atoms with E-state index in [1.165, 1.54) is 57.0 Å². The fourth-order valence-electron chi connectivity index (χ4n) is 5.16. The van der Waals surface area contributed by atoms with Crippen molar-refractivity contribution in [3.05, 3.63) is 53.0 Å². The number of benzene rings is 1. The summed E-state index contributed by atoms with van der Waals surface area (Å²) < 4.78 is 0. The Hall–Kier alpha value is -1.98. The molecule has 1 aromatic heterocycles. The molecule has 1 saturated heterocycles. The van der Waals surface area contributed by atoms with E-state index in [1.54, 1.807) is 17.3 Å². The van der Waals surface area contributed by atoms with Gasteiger partial charge in [-0.2, -0.15) is 0 Å². The van der Waals surface area contributed by atoms with Crippen molar-refractivity contribution in [1.82, 2.24) is 14.9 Å². The monoisotopic (exact) mass is 424 g/mol. The first-order chi connectivity index (χ1) is 14.7. The Kier molecular flexibility index (Phi) is 5.74. The van der Waals surface area contributed by atoms with Crippen LogP contribution < -0.4 is 4.90 Å². The molecule has 1 saturated carbocycles. The van der Waals surface area contributed by atoms with E-state index in [4.69, 9.17) is 11.6 Å². The molecule has 1 aliphatic carbocycles. The fourth-order valence-corrected chi connectivity index (χ4v) is 5.26. The molecule has 1 aromatic carbocycles. The van der Waals surface area contributed by atoms with E-state index >= 15 is 0 Å². The Morgan fingerprint density at radius 3 is 2.33 bits per heavy atom. The molecule has 0 amide bonds. The van der Waals surface area contributed by atoms with Gasteiger partial charge in [-0.15, -0.1) is 0 Å². The number of carbonyl (C=O) groups is 1. The van der Waals surface area contributed by atoms with Gasteiger partial charge in [0.1, 0.15) is 11.5 Å². The largest absolute Gasteiger partial charge is 0.355 e. The molecule has 5 rings (SSSR count). The van der Waals surface area contributed by atoms with E-state index < -0.39 is 5.24 Å². The van der Waals surface area contributed by atoms with E-state index in [1.807, 2.05) is 0 Å². The Bertz CT molecular complexity index is 904. The summed E-state index contributed by atoms with van der Waals surface area (Å²) in [6, 6.07) is 8.12. The molecular weight excluding hydrogens is 396 g/mol. The lowest BCUT2D eigenvalue weighted by molar-refractivity contribution is 0.107. The van der Waals surface area contributed by atoms with Crippen LogP contribution in [0.15, 0.2) is 30.6 Å². The van der Waals surface area contributed by atoms with E-state index in [-0.39, 0.29) is 5.69 Å². The normalized spacial score (nSPS) is 21.0. The van der Waals surface area contributed by atoms with E-state index in [0.717, 1.165) is 37.8 Å². The number of piperidine rings is 1. The summed E-state index contributed by atoms with van der Waals surface area (Å²) in [7, 11) is 0. The molecule has 2 aliphatic heterocycles.